The Morgan fingerprint density at radius 1 is 1.27 bits per heavy atom. The van der Waals surface area contributed by atoms with Crippen molar-refractivity contribution in [3.05, 3.63) is 58.3 Å². The van der Waals surface area contributed by atoms with Gasteiger partial charge in [-0.05, 0) is 52.7 Å². The molecule has 0 bridgehead atoms. The number of guanidine groups is 1. The molecule has 0 radical (unpaired) electrons. The molecule has 8 heteroatoms. The van der Waals surface area contributed by atoms with Crippen molar-refractivity contribution in [2.75, 3.05) is 13.6 Å². The van der Waals surface area contributed by atoms with Gasteiger partial charge in [0.1, 0.15) is 11.9 Å². The van der Waals surface area contributed by atoms with Crippen LogP contribution in [0, 0.1) is 5.82 Å². The lowest BCUT2D eigenvalue weighted by Crippen LogP contribution is -2.41. The largest absolute Gasteiger partial charge is 0.505 e. The van der Waals surface area contributed by atoms with E-state index in [9.17, 15) is 9.50 Å². The molecular formula is C18H22BrFIN3O2. The molecule has 0 aliphatic heterocycles. The number of aromatic hydroxyl groups is 1. The quantitative estimate of drug-likeness (QED) is 0.295. The van der Waals surface area contributed by atoms with Gasteiger partial charge in [0.15, 0.2) is 17.5 Å². The van der Waals surface area contributed by atoms with Gasteiger partial charge in [-0.2, -0.15) is 0 Å². The predicted octanol–water partition coefficient (Wildman–Crippen LogP) is 4.04. The van der Waals surface area contributed by atoms with Gasteiger partial charge in [-0.25, -0.2) is 4.39 Å². The number of rotatable bonds is 6. The van der Waals surface area contributed by atoms with E-state index in [4.69, 9.17) is 4.74 Å². The molecule has 0 amide bonds. The second-order valence-corrected chi connectivity index (χ2v) is 6.31. The molecule has 2 aromatic carbocycles. The lowest BCUT2D eigenvalue weighted by atomic mass is 10.2. The molecule has 5 nitrogen and oxygen atoms in total. The highest BCUT2D eigenvalue weighted by molar-refractivity contribution is 14.0. The van der Waals surface area contributed by atoms with E-state index in [2.05, 4.69) is 31.6 Å². The van der Waals surface area contributed by atoms with Crippen molar-refractivity contribution in [2.45, 2.75) is 19.6 Å². The fourth-order valence-corrected chi connectivity index (χ4v) is 2.48. The Bertz CT molecular complexity index is 746. The number of nitrogens with one attached hydrogen (secondary N) is 2. The van der Waals surface area contributed by atoms with E-state index in [0.717, 1.165) is 10.2 Å². The Kier molecular flexibility index (Phi) is 9.71. The number of aliphatic imine (C=N–C) groups is 1. The van der Waals surface area contributed by atoms with Gasteiger partial charge in [0.05, 0.1) is 11.0 Å². The SMILES string of the molecule is CN=C(NCc1ccc(O)c(F)c1)NCC(C)Oc1ccccc1Br.I. The lowest BCUT2D eigenvalue weighted by Gasteiger charge is -2.18. The monoisotopic (exact) mass is 537 g/mol. The number of halogens is 3. The number of phenols is 1. The van der Waals surface area contributed by atoms with Crippen LogP contribution in [-0.2, 0) is 6.54 Å². The summed E-state index contributed by atoms with van der Waals surface area (Å²) in [5.74, 6) is 0.359. The van der Waals surface area contributed by atoms with Crippen molar-refractivity contribution >= 4 is 45.9 Å². The van der Waals surface area contributed by atoms with Crippen molar-refractivity contribution in [3.63, 3.8) is 0 Å². The van der Waals surface area contributed by atoms with Crippen LogP contribution in [0.4, 0.5) is 4.39 Å². The van der Waals surface area contributed by atoms with Crippen molar-refractivity contribution in [3.8, 4) is 11.5 Å². The van der Waals surface area contributed by atoms with Gasteiger partial charge in [-0.1, -0.05) is 18.2 Å². The molecule has 0 aliphatic carbocycles. The van der Waals surface area contributed by atoms with Crippen LogP contribution in [0.2, 0.25) is 0 Å². The molecule has 0 saturated carbocycles. The number of benzene rings is 2. The lowest BCUT2D eigenvalue weighted by molar-refractivity contribution is 0.222. The minimum Gasteiger partial charge on any atom is -0.505 e. The van der Waals surface area contributed by atoms with Gasteiger partial charge in [0.2, 0.25) is 0 Å². The summed E-state index contributed by atoms with van der Waals surface area (Å²) >= 11 is 3.45. The molecular weight excluding hydrogens is 516 g/mol. The van der Waals surface area contributed by atoms with Crippen molar-refractivity contribution < 1.29 is 14.2 Å². The van der Waals surface area contributed by atoms with Crippen LogP contribution >= 0.6 is 39.9 Å². The van der Waals surface area contributed by atoms with Crippen LogP contribution in [0.1, 0.15) is 12.5 Å². The topological polar surface area (TPSA) is 65.9 Å². The molecule has 0 fully saturated rings. The van der Waals surface area contributed by atoms with E-state index in [1.807, 2.05) is 31.2 Å². The zero-order valence-electron chi connectivity index (χ0n) is 14.5. The van der Waals surface area contributed by atoms with E-state index >= 15 is 0 Å². The van der Waals surface area contributed by atoms with Gasteiger partial charge in [-0.3, -0.25) is 4.99 Å². The standard InChI is InChI=1S/C18H21BrFN3O2.HI/c1-12(25-17-6-4-3-5-14(17)19)10-22-18(21-2)23-11-13-7-8-16(24)15(20)9-13;/h3-9,12,24H,10-11H2,1-2H3,(H2,21,22,23);1H. The molecule has 0 heterocycles. The molecule has 1 unspecified atom stereocenters. The van der Waals surface area contributed by atoms with Gasteiger partial charge in [0, 0.05) is 13.6 Å². The summed E-state index contributed by atoms with van der Waals surface area (Å²) in [7, 11) is 1.66. The van der Waals surface area contributed by atoms with Crippen LogP contribution in [-0.4, -0.2) is 30.8 Å². The number of ether oxygens (including phenoxy) is 1. The second-order valence-electron chi connectivity index (χ2n) is 5.45. The molecule has 0 aromatic heterocycles. The Hall–Kier alpha value is -1.55. The molecule has 26 heavy (non-hydrogen) atoms. The minimum absolute atomic E-state index is 0. The average molecular weight is 538 g/mol. The molecule has 0 aliphatic rings. The molecule has 0 spiro atoms. The van der Waals surface area contributed by atoms with E-state index in [-0.39, 0.29) is 35.8 Å². The zero-order chi connectivity index (χ0) is 18.2. The fraction of sp³-hybridized carbons (Fsp3) is 0.278. The second kappa shape index (κ2) is 11.2. The normalized spacial score (nSPS) is 12.1. The van der Waals surface area contributed by atoms with Crippen LogP contribution in [0.15, 0.2) is 51.9 Å². The maximum absolute atomic E-state index is 13.3. The number of para-hydroxylation sites is 1. The minimum atomic E-state index is -0.641. The number of hydrogen-bond acceptors (Lipinski definition) is 3. The van der Waals surface area contributed by atoms with Crippen LogP contribution in [0.3, 0.4) is 0 Å². The predicted molar refractivity (Wildman–Crippen MR) is 116 cm³/mol. The summed E-state index contributed by atoms with van der Waals surface area (Å²) in [4.78, 5) is 4.13. The summed E-state index contributed by atoms with van der Waals surface area (Å²) in [6.07, 6.45) is -0.0802. The van der Waals surface area contributed by atoms with E-state index in [1.165, 1.54) is 12.1 Å². The smallest absolute Gasteiger partial charge is 0.191 e. The van der Waals surface area contributed by atoms with Crippen molar-refractivity contribution in [1.82, 2.24) is 10.6 Å². The summed E-state index contributed by atoms with van der Waals surface area (Å²) in [5.41, 5.74) is 0.704. The number of nitrogens with zero attached hydrogens (tertiary/aromatic N) is 1. The van der Waals surface area contributed by atoms with Gasteiger partial charge in [0.25, 0.3) is 0 Å². The Balaban J connectivity index is 0.00000338. The molecule has 3 N–H and O–H groups in total. The van der Waals surface area contributed by atoms with Gasteiger partial charge >= 0.3 is 0 Å². The first-order valence-electron chi connectivity index (χ1n) is 7.82. The first-order chi connectivity index (χ1) is 12.0. The van der Waals surface area contributed by atoms with Gasteiger partial charge < -0.3 is 20.5 Å². The first-order valence-corrected chi connectivity index (χ1v) is 8.62. The van der Waals surface area contributed by atoms with E-state index < -0.39 is 5.82 Å². The third-order valence-corrected chi connectivity index (χ3v) is 4.07. The zero-order valence-corrected chi connectivity index (χ0v) is 18.4. The Morgan fingerprint density at radius 3 is 2.65 bits per heavy atom. The Morgan fingerprint density at radius 2 is 2.00 bits per heavy atom. The maximum Gasteiger partial charge on any atom is 0.191 e. The molecule has 0 saturated heterocycles. The third-order valence-electron chi connectivity index (χ3n) is 3.42. The van der Waals surface area contributed by atoms with Crippen molar-refractivity contribution in [1.29, 1.82) is 0 Å². The first kappa shape index (κ1) is 22.5. The summed E-state index contributed by atoms with van der Waals surface area (Å²) < 4.78 is 20.1. The molecule has 142 valence electrons. The Labute approximate surface area is 178 Å². The summed E-state index contributed by atoms with van der Waals surface area (Å²) in [6, 6.07) is 11.9. The molecule has 1 atom stereocenters. The van der Waals surface area contributed by atoms with Crippen molar-refractivity contribution in [2.24, 2.45) is 4.99 Å². The van der Waals surface area contributed by atoms with E-state index in [0.29, 0.717) is 24.6 Å². The summed E-state index contributed by atoms with van der Waals surface area (Å²) in [6.45, 7) is 2.89. The number of hydrogen-bond donors (Lipinski definition) is 3. The number of phenolic OH excluding ortho intramolecular Hbond substituents is 1. The van der Waals surface area contributed by atoms with E-state index in [1.54, 1.807) is 13.1 Å². The van der Waals surface area contributed by atoms with Crippen LogP contribution < -0.4 is 15.4 Å². The fourth-order valence-electron chi connectivity index (χ4n) is 2.11. The van der Waals surface area contributed by atoms with Crippen LogP contribution in [0.5, 0.6) is 11.5 Å². The molecule has 2 rings (SSSR count). The highest BCUT2D eigenvalue weighted by Crippen LogP contribution is 2.24. The highest BCUT2D eigenvalue weighted by Gasteiger charge is 2.08. The highest BCUT2D eigenvalue weighted by atomic mass is 127. The third kappa shape index (κ3) is 6.99. The summed E-state index contributed by atoms with van der Waals surface area (Å²) in [5, 5.41) is 15.5. The molecule has 2 aromatic rings. The van der Waals surface area contributed by atoms with Crippen LogP contribution in [0.25, 0.3) is 0 Å². The maximum atomic E-state index is 13.3. The average Bonchev–Trinajstić information content (AvgIpc) is 2.60. The van der Waals surface area contributed by atoms with Gasteiger partial charge in [-0.15, -0.1) is 24.0 Å².